The number of rotatable bonds is 5. The number of benzene rings is 1. The molecule has 1 N–H and O–H groups in total. The number of nitrogens with one attached hydrogen (secondary N) is 1. The molecule has 0 atom stereocenters. The van der Waals surface area contributed by atoms with Gasteiger partial charge >= 0.3 is 0 Å². The maximum atomic E-state index is 13.5. The van der Waals surface area contributed by atoms with E-state index in [1.807, 2.05) is 6.92 Å². The van der Waals surface area contributed by atoms with Gasteiger partial charge in [0.2, 0.25) is 10.0 Å². The normalized spacial score (nSPS) is 16.5. The van der Waals surface area contributed by atoms with Crippen molar-refractivity contribution >= 4 is 38.4 Å². The van der Waals surface area contributed by atoms with Crippen molar-refractivity contribution in [1.82, 2.24) is 9.62 Å². The number of nitrogens with zero attached hydrogens (tertiary/aromatic N) is 1. The standard InChI is InChI=1S/C14H20BrFN2O2S.ClH/c1-2-9-18(12-5-7-17-8-6-12)21(19,20)14-10-11(16)3-4-13(14)15;/h3-4,10,12,17H,2,5-9H2,1H3;1H. The van der Waals surface area contributed by atoms with Crippen LogP contribution in [-0.2, 0) is 10.0 Å². The lowest BCUT2D eigenvalue weighted by Crippen LogP contribution is -2.46. The van der Waals surface area contributed by atoms with Crippen molar-refractivity contribution in [2.45, 2.75) is 37.1 Å². The summed E-state index contributed by atoms with van der Waals surface area (Å²) in [5.41, 5.74) is 0. The van der Waals surface area contributed by atoms with E-state index in [4.69, 9.17) is 0 Å². The highest BCUT2D eigenvalue weighted by Crippen LogP contribution is 2.29. The SMILES string of the molecule is CCCN(C1CCNCC1)S(=O)(=O)c1cc(F)ccc1Br.Cl. The largest absolute Gasteiger partial charge is 0.317 e. The fraction of sp³-hybridized carbons (Fsp3) is 0.571. The molecule has 4 nitrogen and oxygen atoms in total. The average molecular weight is 416 g/mol. The van der Waals surface area contributed by atoms with E-state index in [0.29, 0.717) is 11.0 Å². The predicted octanol–water partition coefficient (Wildman–Crippen LogP) is 3.16. The molecule has 0 aromatic heterocycles. The molecule has 2 rings (SSSR count). The first-order chi connectivity index (χ1) is 9.96. The smallest absolute Gasteiger partial charge is 0.244 e. The lowest BCUT2D eigenvalue weighted by atomic mass is 10.1. The third-order valence-corrected chi connectivity index (χ3v) is 6.59. The van der Waals surface area contributed by atoms with Gasteiger partial charge in [-0.1, -0.05) is 6.92 Å². The maximum absolute atomic E-state index is 13.5. The van der Waals surface area contributed by atoms with Crippen LogP contribution in [0.1, 0.15) is 26.2 Å². The molecule has 1 aliphatic heterocycles. The Morgan fingerprint density at radius 3 is 2.59 bits per heavy atom. The van der Waals surface area contributed by atoms with E-state index in [2.05, 4.69) is 21.2 Å². The topological polar surface area (TPSA) is 49.4 Å². The number of hydrogen-bond donors (Lipinski definition) is 1. The number of hydrogen-bond acceptors (Lipinski definition) is 3. The zero-order chi connectivity index (χ0) is 15.5. The third-order valence-electron chi connectivity index (χ3n) is 3.64. The van der Waals surface area contributed by atoms with Crippen LogP contribution in [0.5, 0.6) is 0 Å². The lowest BCUT2D eigenvalue weighted by molar-refractivity contribution is 0.262. The summed E-state index contributed by atoms with van der Waals surface area (Å²) in [4.78, 5) is 0.00878. The van der Waals surface area contributed by atoms with Crippen LogP contribution in [0.15, 0.2) is 27.6 Å². The molecule has 1 saturated heterocycles. The van der Waals surface area contributed by atoms with Gasteiger partial charge in [0.15, 0.2) is 0 Å². The van der Waals surface area contributed by atoms with Gasteiger partial charge < -0.3 is 5.32 Å². The molecular weight excluding hydrogens is 395 g/mol. The van der Waals surface area contributed by atoms with E-state index in [9.17, 15) is 12.8 Å². The van der Waals surface area contributed by atoms with Crippen LogP contribution < -0.4 is 5.32 Å². The van der Waals surface area contributed by atoms with Crippen LogP contribution in [0.4, 0.5) is 4.39 Å². The highest BCUT2D eigenvalue weighted by Gasteiger charge is 2.33. The molecule has 126 valence electrons. The average Bonchev–Trinajstić information content (AvgIpc) is 2.48. The quantitative estimate of drug-likeness (QED) is 0.803. The van der Waals surface area contributed by atoms with Gasteiger partial charge in [0.25, 0.3) is 0 Å². The number of piperidine rings is 1. The number of sulfonamides is 1. The first-order valence-electron chi connectivity index (χ1n) is 7.14. The molecule has 0 aliphatic carbocycles. The van der Waals surface area contributed by atoms with E-state index < -0.39 is 15.8 Å². The van der Waals surface area contributed by atoms with Gasteiger partial charge in [-0.3, -0.25) is 0 Å². The summed E-state index contributed by atoms with van der Waals surface area (Å²) < 4.78 is 41.2. The van der Waals surface area contributed by atoms with Gasteiger partial charge in [-0.15, -0.1) is 12.4 Å². The fourth-order valence-electron chi connectivity index (χ4n) is 2.62. The molecule has 0 bridgehead atoms. The second kappa shape index (κ2) is 8.59. The van der Waals surface area contributed by atoms with Crippen molar-refractivity contribution in [3.8, 4) is 0 Å². The van der Waals surface area contributed by atoms with Gasteiger partial charge in [0.1, 0.15) is 5.82 Å². The van der Waals surface area contributed by atoms with Crippen molar-refractivity contribution in [1.29, 1.82) is 0 Å². The van der Waals surface area contributed by atoms with Crippen LogP contribution in [0.2, 0.25) is 0 Å². The first kappa shape index (κ1) is 19.8. The van der Waals surface area contributed by atoms with Crippen LogP contribution in [0.3, 0.4) is 0 Å². The Morgan fingerprint density at radius 1 is 1.36 bits per heavy atom. The molecule has 0 amide bonds. The van der Waals surface area contributed by atoms with E-state index in [-0.39, 0.29) is 23.3 Å². The summed E-state index contributed by atoms with van der Waals surface area (Å²) in [5.74, 6) is -0.543. The lowest BCUT2D eigenvalue weighted by Gasteiger charge is -2.33. The molecule has 1 aliphatic rings. The van der Waals surface area contributed by atoms with Crippen molar-refractivity contribution in [2.24, 2.45) is 0 Å². The summed E-state index contributed by atoms with van der Waals surface area (Å²) in [6.07, 6.45) is 2.30. The monoisotopic (exact) mass is 414 g/mol. The Hall–Kier alpha value is -0.210. The van der Waals surface area contributed by atoms with Crippen LogP contribution in [0.25, 0.3) is 0 Å². The summed E-state index contributed by atoms with van der Waals surface area (Å²) in [6.45, 7) is 4.02. The fourth-order valence-corrected chi connectivity index (χ4v) is 5.33. The molecule has 1 aromatic carbocycles. The molecule has 0 saturated carbocycles. The van der Waals surface area contributed by atoms with Crippen LogP contribution >= 0.6 is 28.3 Å². The second-order valence-electron chi connectivity index (χ2n) is 5.17. The van der Waals surface area contributed by atoms with E-state index >= 15 is 0 Å². The highest BCUT2D eigenvalue weighted by molar-refractivity contribution is 9.10. The van der Waals surface area contributed by atoms with Crippen LogP contribution in [-0.4, -0.2) is 38.4 Å². The van der Waals surface area contributed by atoms with Gasteiger partial charge in [0.05, 0.1) is 4.90 Å². The summed E-state index contributed by atoms with van der Waals surface area (Å²) in [6, 6.07) is 3.75. The van der Waals surface area contributed by atoms with E-state index in [1.54, 1.807) is 0 Å². The first-order valence-corrected chi connectivity index (χ1v) is 9.37. The highest BCUT2D eigenvalue weighted by atomic mass is 79.9. The van der Waals surface area contributed by atoms with Gasteiger partial charge in [-0.05, 0) is 66.5 Å². The summed E-state index contributed by atoms with van der Waals surface area (Å²) in [7, 11) is -3.70. The molecule has 0 unspecified atom stereocenters. The molecule has 0 spiro atoms. The Kier molecular flexibility index (Phi) is 7.74. The molecule has 1 aromatic rings. The maximum Gasteiger partial charge on any atom is 0.244 e. The predicted molar refractivity (Wildman–Crippen MR) is 91.4 cm³/mol. The summed E-state index contributed by atoms with van der Waals surface area (Å²) in [5, 5.41) is 3.23. The van der Waals surface area contributed by atoms with Gasteiger partial charge in [0, 0.05) is 17.1 Å². The van der Waals surface area contributed by atoms with Crippen molar-refractivity contribution in [3.63, 3.8) is 0 Å². The van der Waals surface area contributed by atoms with Crippen LogP contribution in [0, 0.1) is 5.82 Å². The third kappa shape index (κ3) is 4.41. The minimum absolute atomic E-state index is 0. The second-order valence-corrected chi connectivity index (χ2v) is 7.88. The van der Waals surface area contributed by atoms with Crippen molar-refractivity contribution in [3.05, 3.63) is 28.5 Å². The Morgan fingerprint density at radius 2 is 2.00 bits per heavy atom. The summed E-state index contributed by atoms with van der Waals surface area (Å²) >= 11 is 3.22. The Labute approximate surface area is 146 Å². The molecule has 8 heteroatoms. The zero-order valence-electron chi connectivity index (χ0n) is 12.4. The molecular formula is C14H21BrClFN2O2S. The van der Waals surface area contributed by atoms with E-state index in [1.165, 1.54) is 16.4 Å². The van der Waals surface area contributed by atoms with E-state index in [0.717, 1.165) is 38.4 Å². The van der Waals surface area contributed by atoms with Gasteiger partial charge in [-0.25, -0.2) is 12.8 Å². The minimum atomic E-state index is -3.70. The molecule has 22 heavy (non-hydrogen) atoms. The number of halogens is 3. The van der Waals surface area contributed by atoms with Crippen molar-refractivity contribution in [2.75, 3.05) is 19.6 Å². The molecule has 0 radical (unpaired) electrons. The molecule has 1 fully saturated rings. The molecule has 1 heterocycles. The van der Waals surface area contributed by atoms with Gasteiger partial charge in [-0.2, -0.15) is 4.31 Å². The Bertz CT molecular complexity index is 595. The minimum Gasteiger partial charge on any atom is -0.317 e. The van der Waals surface area contributed by atoms with Crippen molar-refractivity contribution < 1.29 is 12.8 Å². The zero-order valence-corrected chi connectivity index (χ0v) is 15.6. The Balaban J connectivity index is 0.00000242.